The molecule has 0 aromatic heterocycles. The molecule has 2 saturated heterocycles. The highest BCUT2D eigenvalue weighted by Crippen LogP contribution is 2.40. The number of aliphatic hydroxyl groups is 2. The van der Waals surface area contributed by atoms with E-state index in [9.17, 15) is 19.8 Å². The fourth-order valence-corrected chi connectivity index (χ4v) is 7.40. The first-order valence-electron chi connectivity index (χ1n) is 18.6. The maximum Gasteiger partial charge on any atom is 0.303 e. The van der Waals surface area contributed by atoms with E-state index >= 15 is 0 Å². The summed E-state index contributed by atoms with van der Waals surface area (Å²) in [6.45, 7) is 2.56. The predicted octanol–water partition coefficient (Wildman–Crippen LogP) is 7.68. The number of aliphatic carboxylic acids is 1. The number of halogens is 1. The molecule has 2 heterocycles. The summed E-state index contributed by atoms with van der Waals surface area (Å²) in [7, 11) is 0. The Hall–Kier alpha value is -4.09. The molecule has 10 heteroatoms. The Morgan fingerprint density at radius 1 is 0.830 bits per heavy atom. The van der Waals surface area contributed by atoms with Gasteiger partial charge in [-0.3, -0.25) is 9.59 Å². The molecule has 4 N–H and O–H groups in total. The van der Waals surface area contributed by atoms with Gasteiger partial charge in [0.1, 0.15) is 0 Å². The zero-order valence-corrected chi connectivity index (χ0v) is 30.7. The quantitative estimate of drug-likeness (QED) is 0.0915. The van der Waals surface area contributed by atoms with Gasteiger partial charge in [-0.25, -0.2) is 0 Å². The Morgan fingerprint density at radius 3 is 2.21 bits per heavy atom. The van der Waals surface area contributed by atoms with Gasteiger partial charge in [-0.1, -0.05) is 103 Å². The number of nitrogens with one attached hydrogen (secondary N) is 1. The van der Waals surface area contributed by atoms with Crippen LogP contribution in [0.2, 0.25) is 5.02 Å². The first-order valence-corrected chi connectivity index (χ1v) is 18.9. The fraction of sp³-hybridized carbons (Fsp3) is 0.395. The summed E-state index contributed by atoms with van der Waals surface area (Å²) in [5, 5.41) is 33.5. The van der Waals surface area contributed by atoms with Crippen LogP contribution in [0.15, 0.2) is 97.1 Å². The van der Waals surface area contributed by atoms with Crippen LogP contribution in [0.5, 0.6) is 0 Å². The second-order valence-corrected chi connectivity index (χ2v) is 14.6. The maximum atomic E-state index is 12.5. The Kier molecular flexibility index (Phi) is 13.3. The number of hydrogen-bond acceptors (Lipinski definition) is 7. The minimum Gasteiger partial charge on any atom is -0.481 e. The smallest absolute Gasteiger partial charge is 0.303 e. The molecule has 0 radical (unpaired) electrons. The molecule has 4 aromatic rings. The number of carbonyl (C=O) groups excluding carboxylic acids is 1. The van der Waals surface area contributed by atoms with E-state index < -0.39 is 17.9 Å². The van der Waals surface area contributed by atoms with Crippen molar-refractivity contribution >= 4 is 23.5 Å². The number of likely N-dealkylation sites (tertiary alicyclic amines) is 1. The molecule has 53 heavy (non-hydrogen) atoms. The van der Waals surface area contributed by atoms with E-state index in [0.717, 1.165) is 52.0 Å². The van der Waals surface area contributed by atoms with Crippen molar-refractivity contribution in [2.75, 3.05) is 19.6 Å². The number of piperidine rings is 1. The van der Waals surface area contributed by atoms with Gasteiger partial charge in [0.2, 0.25) is 5.91 Å². The van der Waals surface area contributed by atoms with Gasteiger partial charge in [0.05, 0.1) is 24.4 Å². The van der Waals surface area contributed by atoms with Crippen LogP contribution in [0.3, 0.4) is 0 Å². The van der Waals surface area contributed by atoms with Crippen molar-refractivity contribution in [1.29, 1.82) is 0 Å². The number of carboxylic acid groups (broad SMARTS) is 1. The van der Waals surface area contributed by atoms with E-state index in [0.29, 0.717) is 63.1 Å². The van der Waals surface area contributed by atoms with Gasteiger partial charge in [0.15, 0.2) is 6.29 Å². The van der Waals surface area contributed by atoms with Crippen LogP contribution in [-0.4, -0.2) is 57.8 Å². The number of carbonyl (C=O) groups is 2. The first kappa shape index (κ1) is 38.6. The van der Waals surface area contributed by atoms with Crippen molar-refractivity contribution in [3.8, 4) is 11.1 Å². The van der Waals surface area contributed by atoms with E-state index in [-0.39, 0.29) is 31.1 Å². The van der Waals surface area contributed by atoms with E-state index in [1.165, 1.54) is 0 Å². The summed E-state index contributed by atoms with van der Waals surface area (Å²) in [6, 6.07) is 31.6. The van der Waals surface area contributed by atoms with Crippen LogP contribution < -0.4 is 5.32 Å². The second-order valence-electron chi connectivity index (χ2n) is 14.2. The molecule has 4 aromatic carbocycles. The SMILES string of the molecule is O=C(O)CCCCCC(=O)NCc1ccccc1-c1ccc(C2OC(CN3CCC(O)(c4ccc(Cl)cc4)CC3)CC(c3ccc(CO)cc3)O2)cc1. The summed E-state index contributed by atoms with van der Waals surface area (Å²) in [5.74, 6) is -0.856. The monoisotopic (exact) mass is 740 g/mol. The highest BCUT2D eigenvalue weighted by atomic mass is 35.5. The Balaban J connectivity index is 1.11. The van der Waals surface area contributed by atoms with E-state index in [4.69, 9.17) is 26.2 Å². The second kappa shape index (κ2) is 18.3. The van der Waals surface area contributed by atoms with Crippen LogP contribution in [0.25, 0.3) is 11.1 Å². The minimum absolute atomic E-state index is 0.0183. The molecule has 0 bridgehead atoms. The van der Waals surface area contributed by atoms with Crippen LogP contribution in [0.4, 0.5) is 0 Å². The topological polar surface area (TPSA) is 129 Å². The molecule has 2 aliphatic rings. The average Bonchev–Trinajstić information content (AvgIpc) is 3.18. The van der Waals surface area contributed by atoms with Crippen LogP contribution >= 0.6 is 11.6 Å². The highest BCUT2D eigenvalue weighted by Gasteiger charge is 2.37. The molecule has 0 saturated carbocycles. The third-order valence-electron chi connectivity index (χ3n) is 10.4. The molecule has 0 aliphatic carbocycles. The number of amides is 1. The number of carboxylic acids is 1. The lowest BCUT2D eigenvalue weighted by Crippen LogP contribution is -2.46. The molecule has 2 aliphatic heterocycles. The van der Waals surface area contributed by atoms with Crippen LogP contribution in [0.1, 0.15) is 91.6 Å². The third kappa shape index (κ3) is 10.5. The molecular formula is C43H49ClN2O7. The van der Waals surface area contributed by atoms with Crippen molar-refractivity contribution < 1.29 is 34.4 Å². The van der Waals surface area contributed by atoms with Gasteiger partial charge >= 0.3 is 5.97 Å². The van der Waals surface area contributed by atoms with Gasteiger partial charge in [-0.15, -0.1) is 0 Å². The largest absolute Gasteiger partial charge is 0.481 e. The lowest BCUT2D eigenvalue weighted by atomic mass is 9.84. The number of unbranched alkanes of at least 4 members (excludes halogenated alkanes) is 2. The molecule has 1 amide bonds. The number of rotatable bonds is 15. The van der Waals surface area contributed by atoms with Gasteiger partial charge in [0, 0.05) is 56.0 Å². The molecule has 280 valence electrons. The summed E-state index contributed by atoms with van der Waals surface area (Å²) in [4.78, 5) is 25.6. The molecule has 6 rings (SSSR count). The fourth-order valence-electron chi connectivity index (χ4n) is 7.27. The molecule has 0 spiro atoms. The van der Waals surface area contributed by atoms with Gasteiger partial charge in [-0.2, -0.15) is 0 Å². The standard InChI is InChI=1S/C43H49ClN2O7/c44-36-20-18-35(19-21-36)43(51)22-24-46(25-23-43)28-37-26-39(32-12-10-30(29-47)11-13-32)53-42(52-37)33-16-14-31(15-17-33)38-7-5-4-6-34(38)27-45-40(48)8-2-1-3-9-41(49)50/h4-7,10-21,37,39,42,47,51H,1-3,8-9,22-29H2,(H,45,48)(H,49,50). The average molecular weight is 741 g/mol. The Bertz CT molecular complexity index is 1790. The number of hydrogen-bond donors (Lipinski definition) is 4. The van der Waals surface area contributed by atoms with Crippen molar-refractivity contribution in [2.24, 2.45) is 0 Å². The molecule has 2 fully saturated rings. The van der Waals surface area contributed by atoms with E-state index in [1.807, 2.05) is 84.9 Å². The van der Waals surface area contributed by atoms with Crippen molar-refractivity contribution in [1.82, 2.24) is 10.2 Å². The number of benzene rings is 4. The predicted molar refractivity (Wildman–Crippen MR) is 204 cm³/mol. The maximum absolute atomic E-state index is 12.5. The molecular weight excluding hydrogens is 692 g/mol. The zero-order chi connectivity index (χ0) is 37.2. The summed E-state index contributed by atoms with van der Waals surface area (Å²) in [6.07, 6.45) is 3.45. The van der Waals surface area contributed by atoms with E-state index in [1.54, 1.807) is 0 Å². The van der Waals surface area contributed by atoms with Gasteiger partial charge in [0.25, 0.3) is 0 Å². The lowest BCUT2D eigenvalue weighted by molar-refractivity contribution is -0.253. The summed E-state index contributed by atoms with van der Waals surface area (Å²) in [5.41, 5.74) is 5.83. The highest BCUT2D eigenvalue weighted by molar-refractivity contribution is 6.30. The minimum atomic E-state index is -0.881. The summed E-state index contributed by atoms with van der Waals surface area (Å²) >= 11 is 6.09. The number of nitrogens with zero attached hydrogens (tertiary/aromatic N) is 1. The van der Waals surface area contributed by atoms with Gasteiger partial charge < -0.3 is 35.0 Å². The number of ether oxygens (including phenoxy) is 2. The zero-order valence-electron chi connectivity index (χ0n) is 30.0. The number of aliphatic hydroxyl groups excluding tert-OH is 1. The summed E-state index contributed by atoms with van der Waals surface area (Å²) < 4.78 is 13.3. The van der Waals surface area contributed by atoms with Crippen molar-refractivity contribution in [3.63, 3.8) is 0 Å². The van der Waals surface area contributed by atoms with Crippen LogP contribution in [-0.2, 0) is 37.8 Å². The van der Waals surface area contributed by atoms with Gasteiger partial charge in [-0.05, 0) is 71.2 Å². The lowest BCUT2D eigenvalue weighted by Gasteiger charge is -2.42. The van der Waals surface area contributed by atoms with Crippen molar-refractivity contribution in [3.05, 3.63) is 130 Å². The molecule has 9 nitrogen and oxygen atoms in total. The molecule has 3 unspecified atom stereocenters. The Morgan fingerprint density at radius 2 is 1.51 bits per heavy atom. The first-order chi connectivity index (χ1) is 25.7. The van der Waals surface area contributed by atoms with E-state index in [2.05, 4.69) is 22.3 Å². The normalized spacial score (nSPS) is 20.2. The van der Waals surface area contributed by atoms with Crippen LogP contribution in [0, 0.1) is 0 Å². The third-order valence-corrected chi connectivity index (χ3v) is 10.7. The molecule has 3 atom stereocenters. The van der Waals surface area contributed by atoms with Crippen molar-refractivity contribution in [2.45, 2.75) is 88.6 Å². The Labute approximate surface area is 316 Å².